The number of thiophene rings is 1. The third-order valence-corrected chi connectivity index (χ3v) is 6.78. The molecule has 3 aromatic heterocycles. The summed E-state index contributed by atoms with van der Waals surface area (Å²) < 4.78 is 0. The van der Waals surface area contributed by atoms with Gasteiger partial charge < -0.3 is 20.2 Å². The topological polar surface area (TPSA) is 94.5 Å². The molecule has 4 aromatic rings. The maximum atomic E-state index is 13.1. The third-order valence-electron chi connectivity index (χ3n) is 5.84. The second-order valence-corrected chi connectivity index (χ2v) is 9.41. The first-order valence-corrected chi connectivity index (χ1v) is 12.1. The summed E-state index contributed by atoms with van der Waals surface area (Å²) in [6, 6.07) is 15.8. The molecule has 9 heteroatoms. The van der Waals surface area contributed by atoms with Gasteiger partial charge in [-0.15, -0.1) is 11.3 Å². The van der Waals surface area contributed by atoms with E-state index in [2.05, 4.69) is 33.2 Å². The zero-order valence-corrected chi connectivity index (χ0v) is 19.8. The molecule has 5 rings (SSSR count). The van der Waals surface area contributed by atoms with Crippen LogP contribution >= 0.6 is 11.3 Å². The molecule has 0 atom stereocenters. The fourth-order valence-electron chi connectivity index (χ4n) is 4.12. The van der Waals surface area contributed by atoms with Gasteiger partial charge in [-0.25, -0.2) is 4.98 Å². The number of aryl methyl sites for hydroxylation is 1. The number of aliphatic hydroxyl groups excluding tert-OH is 1. The van der Waals surface area contributed by atoms with Gasteiger partial charge in [-0.1, -0.05) is 30.3 Å². The Hall–Kier alpha value is -3.56. The van der Waals surface area contributed by atoms with Crippen LogP contribution < -0.4 is 10.2 Å². The molecular weight excluding hydrogens is 448 g/mol. The summed E-state index contributed by atoms with van der Waals surface area (Å²) in [6.07, 6.45) is 1.66. The summed E-state index contributed by atoms with van der Waals surface area (Å²) in [5, 5.41) is 13.2. The SMILES string of the molecule is Cc1cc2c(N3CCN(C(=O)c4ccc(-c5ccccc5)nc4)CC3)nc(NCCO)nc2s1. The lowest BCUT2D eigenvalue weighted by atomic mass is 10.1. The number of piperazine rings is 1. The van der Waals surface area contributed by atoms with Crippen molar-refractivity contribution in [1.29, 1.82) is 0 Å². The maximum absolute atomic E-state index is 13.1. The zero-order chi connectivity index (χ0) is 23.5. The van der Waals surface area contributed by atoms with Crippen LogP contribution in [-0.4, -0.2) is 70.2 Å². The molecule has 0 saturated carbocycles. The highest BCUT2D eigenvalue weighted by Crippen LogP contribution is 2.32. The van der Waals surface area contributed by atoms with Crippen molar-refractivity contribution < 1.29 is 9.90 Å². The molecule has 1 aliphatic heterocycles. The fourth-order valence-corrected chi connectivity index (χ4v) is 4.99. The molecule has 0 spiro atoms. The molecule has 4 heterocycles. The van der Waals surface area contributed by atoms with Gasteiger partial charge >= 0.3 is 0 Å². The Morgan fingerprint density at radius 3 is 2.59 bits per heavy atom. The lowest BCUT2D eigenvalue weighted by Crippen LogP contribution is -2.49. The molecule has 1 fully saturated rings. The smallest absolute Gasteiger partial charge is 0.255 e. The maximum Gasteiger partial charge on any atom is 0.255 e. The number of fused-ring (bicyclic) bond motifs is 1. The van der Waals surface area contributed by atoms with Crippen molar-refractivity contribution >= 4 is 39.2 Å². The van der Waals surface area contributed by atoms with Gasteiger partial charge in [0.25, 0.3) is 5.91 Å². The van der Waals surface area contributed by atoms with Gasteiger partial charge in [0.2, 0.25) is 5.95 Å². The number of amides is 1. The van der Waals surface area contributed by atoms with Gasteiger partial charge in [-0.05, 0) is 25.1 Å². The number of nitrogens with one attached hydrogen (secondary N) is 1. The van der Waals surface area contributed by atoms with E-state index in [-0.39, 0.29) is 12.5 Å². The quantitative estimate of drug-likeness (QED) is 0.442. The molecule has 0 aliphatic carbocycles. The number of aliphatic hydroxyl groups is 1. The summed E-state index contributed by atoms with van der Waals surface area (Å²) in [4.78, 5) is 33.1. The van der Waals surface area contributed by atoms with E-state index in [4.69, 9.17) is 10.1 Å². The Kier molecular flexibility index (Phi) is 6.37. The van der Waals surface area contributed by atoms with Crippen molar-refractivity contribution in [2.45, 2.75) is 6.92 Å². The average Bonchev–Trinajstić information content (AvgIpc) is 3.27. The largest absolute Gasteiger partial charge is 0.395 e. The molecule has 0 bridgehead atoms. The van der Waals surface area contributed by atoms with Crippen LogP contribution in [0.2, 0.25) is 0 Å². The van der Waals surface area contributed by atoms with E-state index in [0.29, 0.717) is 44.2 Å². The van der Waals surface area contributed by atoms with Crippen LogP contribution in [0.15, 0.2) is 54.7 Å². The standard InChI is InChI=1S/C25H26N6O2S/c1-17-15-20-22(28-25(26-9-14-32)29-23(20)34-17)30-10-12-31(13-11-30)24(33)19-7-8-21(27-16-19)18-5-3-2-4-6-18/h2-8,15-16,32H,9-14H2,1H3,(H,26,28,29). The highest BCUT2D eigenvalue weighted by molar-refractivity contribution is 7.18. The number of carbonyl (C=O) groups is 1. The van der Waals surface area contributed by atoms with E-state index >= 15 is 0 Å². The minimum absolute atomic E-state index is 0.00345. The number of carbonyl (C=O) groups excluding carboxylic acids is 1. The molecular formula is C25H26N6O2S. The number of nitrogens with zero attached hydrogens (tertiary/aromatic N) is 5. The van der Waals surface area contributed by atoms with Crippen molar-refractivity contribution in [3.8, 4) is 11.3 Å². The molecule has 8 nitrogen and oxygen atoms in total. The first-order chi connectivity index (χ1) is 16.6. The minimum atomic E-state index is -0.00345. The van der Waals surface area contributed by atoms with Crippen LogP contribution in [0.4, 0.5) is 11.8 Å². The zero-order valence-electron chi connectivity index (χ0n) is 18.9. The van der Waals surface area contributed by atoms with Crippen molar-refractivity contribution in [1.82, 2.24) is 19.9 Å². The van der Waals surface area contributed by atoms with Gasteiger partial charge in [0.15, 0.2) is 0 Å². The number of aromatic nitrogens is 3. The van der Waals surface area contributed by atoms with Crippen LogP contribution in [-0.2, 0) is 0 Å². The number of hydrogen-bond acceptors (Lipinski definition) is 8. The Bertz CT molecular complexity index is 1280. The molecule has 1 saturated heterocycles. The molecule has 0 unspecified atom stereocenters. The Morgan fingerprint density at radius 1 is 1.09 bits per heavy atom. The molecule has 1 amide bonds. The van der Waals surface area contributed by atoms with E-state index in [1.807, 2.05) is 47.4 Å². The normalized spacial score (nSPS) is 13.9. The Balaban J connectivity index is 1.29. The Morgan fingerprint density at radius 2 is 1.88 bits per heavy atom. The fraction of sp³-hybridized carbons (Fsp3) is 0.280. The van der Waals surface area contributed by atoms with Gasteiger partial charge in [-0.3, -0.25) is 9.78 Å². The van der Waals surface area contributed by atoms with E-state index in [1.165, 1.54) is 4.88 Å². The lowest BCUT2D eigenvalue weighted by molar-refractivity contribution is 0.0746. The van der Waals surface area contributed by atoms with Crippen molar-refractivity contribution in [3.05, 3.63) is 65.2 Å². The Labute approximate surface area is 201 Å². The average molecular weight is 475 g/mol. The summed E-state index contributed by atoms with van der Waals surface area (Å²) in [5.41, 5.74) is 2.48. The third kappa shape index (κ3) is 4.57. The van der Waals surface area contributed by atoms with Gasteiger partial charge in [0, 0.05) is 49.4 Å². The second-order valence-electron chi connectivity index (χ2n) is 8.17. The number of hydrogen-bond donors (Lipinski definition) is 2. The molecule has 1 aromatic carbocycles. The van der Waals surface area contributed by atoms with Crippen LogP contribution in [0.5, 0.6) is 0 Å². The number of benzene rings is 1. The highest BCUT2D eigenvalue weighted by Gasteiger charge is 2.25. The van der Waals surface area contributed by atoms with E-state index in [0.717, 1.165) is 27.3 Å². The van der Waals surface area contributed by atoms with Gasteiger partial charge in [-0.2, -0.15) is 4.98 Å². The van der Waals surface area contributed by atoms with Crippen LogP contribution in [0.25, 0.3) is 21.5 Å². The number of anilines is 2. The molecule has 34 heavy (non-hydrogen) atoms. The van der Waals surface area contributed by atoms with E-state index in [1.54, 1.807) is 17.5 Å². The summed E-state index contributed by atoms with van der Waals surface area (Å²) in [6.45, 7) is 5.05. The van der Waals surface area contributed by atoms with Gasteiger partial charge in [0.05, 0.1) is 23.3 Å². The van der Waals surface area contributed by atoms with Crippen LogP contribution in [0.3, 0.4) is 0 Å². The van der Waals surface area contributed by atoms with Crippen LogP contribution in [0, 0.1) is 6.92 Å². The number of pyridine rings is 1. The monoisotopic (exact) mass is 474 g/mol. The summed E-state index contributed by atoms with van der Waals surface area (Å²) in [5.74, 6) is 1.38. The summed E-state index contributed by atoms with van der Waals surface area (Å²) >= 11 is 1.63. The van der Waals surface area contributed by atoms with E-state index < -0.39 is 0 Å². The summed E-state index contributed by atoms with van der Waals surface area (Å²) in [7, 11) is 0. The lowest BCUT2D eigenvalue weighted by Gasteiger charge is -2.35. The predicted octanol–water partition coefficient (Wildman–Crippen LogP) is 3.43. The van der Waals surface area contributed by atoms with Crippen molar-refractivity contribution in [3.63, 3.8) is 0 Å². The van der Waals surface area contributed by atoms with E-state index in [9.17, 15) is 4.79 Å². The molecule has 1 aliphatic rings. The number of rotatable bonds is 6. The van der Waals surface area contributed by atoms with Crippen LogP contribution in [0.1, 0.15) is 15.2 Å². The molecule has 174 valence electrons. The minimum Gasteiger partial charge on any atom is -0.395 e. The highest BCUT2D eigenvalue weighted by atomic mass is 32.1. The second kappa shape index (κ2) is 9.74. The molecule has 2 N–H and O–H groups in total. The van der Waals surface area contributed by atoms with Crippen molar-refractivity contribution in [2.75, 3.05) is 49.5 Å². The predicted molar refractivity (Wildman–Crippen MR) is 136 cm³/mol. The van der Waals surface area contributed by atoms with Crippen molar-refractivity contribution in [2.24, 2.45) is 0 Å². The first-order valence-electron chi connectivity index (χ1n) is 11.3. The van der Waals surface area contributed by atoms with Gasteiger partial charge in [0.1, 0.15) is 10.6 Å². The first kappa shape index (κ1) is 22.2. The molecule has 0 radical (unpaired) electrons.